The van der Waals surface area contributed by atoms with Crippen LogP contribution < -0.4 is 0 Å². The average Bonchev–Trinajstić information content (AvgIpc) is 2.74. The van der Waals surface area contributed by atoms with Crippen molar-refractivity contribution in [2.45, 2.75) is 6.54 Å². The molecule has 0 saturated heterocycles. The Labute approximate surface area is 122 Å². The number of hydrogen-bond acceptors (Lipinski definition) is 2. The molecule has 94 valence electrons. The Morgan fingerprint density at radius 3 is 2.72 bits per heavy atom. The summed E-state index contributed by atoms with van der Waals surface area (Å²) in [6.07, 6.45) is 1.49. The molecule has 0 bridgehead atoms. The first kappa shape index (κ1) is 13.4. The van der Waals surface area contributed by atoms with E-state index in [9.17, 15) is 4.79 Å². The van der Waals surface area contributed by atoms with Crippen LogP contribution in [0.4, 0.5) is 0 Å². The van der Waals surface area contributed by atoms with E-state index in [-0.39, 0.29) is 5.91 Å². The summed E-state index contributed by atoms with van der Waals surface area (Å²) < 4.78 is 6.54. The second kappa shape index (κ2) is 5.71. The summed E-state index contributed by atoms with van der Waals surface area (Å²) in [5.74, 6) is -0.0735. The van der Waals surface area contributed by atoms with Gasteiger partial charge in [-0.15, -0.1) is 0 Å². The number of amides is 1. The Kier molecular flexibility index (Phi) is 4.24. The van der Waals surface area contributed by atoms with Gasteiger partial charge >= 0.3 is 0 Å². The first-order chi connectivity index (χ1) is 8.58. The predicted molar refractivity (Wildman–Crippen MR) is 76.3 cm³/mol. The molecule has 0 N–H and O–H groups in total. The standard InChI is InChI=1S/C13H11Br2NO2/c1-16(8-9-3-2-4-10(14)7-9)13(17)11-5-6-18-12(11)15/h2-7H,8H2,1H3. The Balaban J connectivity index is 2.11. The molecule has 0 aliphatic carbocycles. The number of furan rings is 1. The maximum Gasteiger partial charge on any atom is 0.258 e. The quantitative estimate of drug-likeness (QED) is 0.813. The molecule has 0 fully saturated rings. The van der Waals surface area contributed by atoms with Crippen molar-refractivity contribution in [1.29, 1.82) is 0 Å². The Hall–Kier alpha value is -1.07. The molecule has 0 spiro atoms. The number of rotatable bonds is 3. The summed E-state index contributed by atoms with van der Waals surface area (Å²) in [5, 5.41) is 0. The molecule has 0 aliphatic heterocycles. The fraction of sp³-hybridized carbons (Fsp3) is 0.154. The van der Waals surface area contributed by atoms with Gasteiger partial charge in [0.1, 0.15) is 0 Å². The van der Waals surface area contributed by atoms with Crippen LogP contribution >= 0.6 is 31.9 Å². The maximum atomic E-state index is 12.1. The zero-order chi connectivity index (χ0) is 13.1. The third-order valence-electron chi connectivity index (χ3n) is 2.50. The van der Waals surface area contributed by atoms with Gasteiger partial charge in [-0.3, -0.25) is 4.79 Å². The lowest BCUT2D eigenvalue weighted by Gasteiger charge is -2.16. The summed E-state index contributed by atoms with van der Waals surface area (Å²) >= 11 is 6.62. The van der Waals surface area contributed by atoms with Crippen molar-refractivity contribution in [1.82, 2.24) is 4.90 Å². The van der Waals surface area contributed by atoms with Gasteiger partial charge in [0.2, 0.25) is 0 Å². The second-order valence-electron chi connectivity index (χ2n) is 3.90. The van der Waals surface area contributed by atoms with Crippen LogP contribution in [0.2, 0.25) is 0 Å². The van der Waals surface area contributed by atoms with Gasteiger partial charge in [0.05, 0.1) is 11.8 Å². The molecule has 1 aromatic heterocycles. The predicted octanol–water partition coefficient (Wildman–Crippen LogP) is 4.08. The molecule has 18 heavy (non-hydrogen) atoms. The number of hydrogen-bond donors (Lipinski definition) is 0. The SMILES string of the molecule is CN(Cc1cccc(Br)c1)C(=O)c1ccoc1Br. The molecule has 1 amide bonds. The smallest absolute Gasteiger partial charge is 0.258 e. The molecule has 0 aliphatic rings. The van der Waals surface area contributed by atoms with Crippen LogP contribution in [0.25, 0.3) is 0 Å². The second-order valence-corrected chi connectivity index (χ2v) is 5.54. The van der Waals surface area contributed by atoms with Crippen molar-refractivity contribution in [2.75, 3.05) is 7.05 Å². The summed E-state index contributed by atoms with van der Waals surface area (Å²) in [4.78, 5) is 13.8. The van der Waals surface area contributed by atoms with Crippen molar-refractivity contribution in [2.24, 2.45) is 0 Å². The van der Waals surface area contributed by atoms with Gasteiger partial charge in [0, 0.05) is 18.1 Å². The first-order valence-electron chi connectivity index (χ1n) is 5.31. The molecule has 0 saturated carbocycles. The molecule has 1 heterocycles. The molecule has 5 heteroatoms. The zero-order valence-corrected chi connectivity index (χ0v) is 12.9. The Bertz CT molecular complexity index is 566. The van der Waals surface area contributed by atoms with Crippen molar-refractivity contribution in [3.05, 3.63) is 56.9 Å². The largest absolute Gasteiger partial charge is 0.457 e. The van der Waals surface area contributed by atoms with E-state index in [1.54, 1.807) is 18.0 Å². The summed E-state index contributed by atoms with van der Waals surface area (Å²) in [5.41, 5.74) is 1.60. The summed E-state index contributed by atoms with van der Waals surface area (Å²) in [6.45, 7) is 0.551. The number of carbonyl (C=O) groups is 1. The lowest BCUT2D eigenvalue weighted by atomic mass is 10.2. The van der Waals surface area contributed by atoms with Gasteiger partial charge in [0.25, 0.3) is 5.91 Å². The van der Waals surface area contributed by atoms with E-state index in [0.29, 0.717) is 16.8 Å². The summed E-state index contributed by atoms with van der Waals surface area (Å²) in [7, 11) is 1.77. The first-order valence-corrected chi connectivity index (χ1v) is 6.89. The molecule has 0 unspecified atom stereocenters. The highest BCUT2D eigenvalue weighted by molar-refractivity contribution is 9.10. The van der Waals surface area contributed by atoms with E-state index in [1.165, 1.54) is 6.26 Å². The van der Waals surface area contributed by atoms with Gasteiger partial charge < -0.3 is 9.32 Å². The van der Waals surface area contributed by atoms with Gasteiger partial charge in [-0.2, -0.15) is 0 Å². The normalized spacial score (nSPS) is 10.4. The van der Waals surface area contributed by atoms with E-state index < -0.39 is 0 Å². The van der Waals surface area contributed by atoms with E-state index >= 15 is 0 Å². The van der Waals surface area contributed by atoms with Crippen molar-refractivity contribution >= 4 is 37.8 Å². The van der Waals surface area contributed by atoms with Crippen LogP contribution in [0.3, 0.4) is 0 Å². The topological polar surface area (TPSA) is 33.5 Å². The Morgan fingerprint density at radius 2 is 2.11 bits per heavy atom. The van der Waals surface area contributed by atoms with E-state index in [1.807, 2.05) is 24.3 Å². The Morgan fingerprint density at radius 1 is 1.33 bits per heavy atom. The van der Waals surface area contributed by atoms with Gasteiger partial charge in [-0.1, -0.05) is 28.1 Å². The van der Waals surface area contributed by atoms with Gasteiger partial charge in [-0.25, -0.2) is 0 Å². The highest BCUT2D eigenvalue weighted by Crippen LogP contribution is 2.20. The number of nitrogens with zero attached hydrogens (tertiary/aromatic N) is 1. The fourth-order valence-corrected chi connectivity index (χ4v) is 2.49. The third kappa shape index (κ3) is 3.03. The minimum absolute atomic E-state index is 0.0735. The van der Waals surface area contributed by atoms with Crippen LogP contribution in [0.5, 0.6) is 0 Å². The maximum absolute atomic E-state index is 12.1. The highest BCUT2D eigenvalue weighted by atomic mass is 79.9. The molecular formula is C13H11Br2NO2. The van der Waals surface area contributed by atoms with E-state index in [2.05, 4.69) is 31.9 Å². The number of benzene rings is 1. The highest BCUT2D eigenvalue weighted by Gasteiger charge is 2.17. The molecule has 2 rings (SSSR count). The van der Waals surface area contributed by atoms with Gasteiger partial charge in [0.15, 0.2) is 4.67 Å². The van der Waals surface area contributed by atoms with Crippen molar-refractivity contribution in [3.63, 3.8) is 0 Å². The fourth-order valence-electron chi connectivity index (χ4n) is 1.63. The lowest BCUT2D eigenvalue weighted by Crippen LogP contribution is -2.26. The van der Waals surface area contributed by atoms with Crippen molar-refractivity contribution in [3.8, 4) is 0 Å². The molecule has 3 nitrogen and oxygen atoms in total. The lowest BCUT2D eigenvalue weighted by molar-refractivity contribution is 0.0783. The molecule has 2 aromatic rings. The molecule has 1 aromatic carbocycles. The number of carbonyl (C=O) groups excluding carboxylic acids is 1. The average molecular weight is 373 g/mol. The van der Waals surface area contributed by atoms with E-state index in [0.717, 1.165) is 10.0 Å². The number of halogens is 2. The van der Waals surface area contributed by atoms with Gasteiger partial charge in [-0.05, 0) is 39.7 Å². The third-order valence-corrected chi connectivity index (χ3v) is 3.61. The van der Waals surface area contributed by atoms with Crippen LogP contribution in [0.15, 0.2) is 50.2 Å². The minimum atomic E-state index is -0.0735. The molecule has 0 atom stereocenters. The molecular weight excluding hydrogens is 362 g/mol. The summed E-state index contributed by atoms with van der Waals surface area (Å²) in [6, 6.07) is 9.54. The van der Waals surface area contributed by atoms with Crippen LogP contribution in [-0.2, 0) is 6.54 Å². The van der Waals surface area contributed by atoms with Crippen LogP contribution in [0.1, 0.15) is 15.9 Å². The van der Waals surface area contributed by atoms with Crippen LogP contribution in [-0.4, -0.2) is 17.9 Å². The zero-order valence-electron chi connectivity index (χ0n) is 9.69. The molecule has 0 radical (unpaired) electrons. The van der Waals surface area contributed by atoms with Crippen molar-refractivity contribution < 1.29 is 9.21 Å². The monoisotopic (exact) mass is 371 g/mol. The minimum Gasteiger partial charge on any atom is -0.457 e. The van der Waals surface area contributed by atoms with Crippen LogP contribution in [0, 0.1) is 0 Å². The van der Waals surface area contributed by atoms with E-state index in [4.69, 9.17) is 4.42 Å².